The second kappa shape index (κ2) is 7.83. The van der Waals surface area contributed by atoms with Crippen molar-refractivity contribution in [3.05, 3.63) is 82.5 Å². The number of rotatable bonds is 4. The fourth-order valence-electron chi connectivity index (χ4n) is 3.42. The van der Waals surface area contributed by atoms with E-state index in [1.54, 1.807) is 13.0 Å². The van der Waals surface area contributed by atoms with Gasteiger partial charge in [0.05, 0.1) is 15.1 Å². The molecule has 4 rings (SSSR count). The van der Waals surface area contributed by atoms with Gasteiger partial charge in [-0.05, 0) is 75.8 Å². The molecule has 30 heavy (non-hydrogen) atoms. The second-order valence-corrected chi connectivity index (χ2v) is 9.41. The van der Waals surface area contributed by atoms with Crippen molar-refractivity contribution in [2.24, 2.45) is 5.14 Å². The number of hydrogen-bond acceptors (Lipinski definition) is 4. The number of aryl methyl sites for hydroxylation is 2. The molecule has 0 atom stereocenters. The molecule has 0 aliphatic heterocycles. The fraction of sp³-hybridized carbons (Fsp3) is 0.0870. The average molecular weight is 483 g/mol. The summed E-state index contributed by atoms with van der Waals surface area (Å²) in [6.45, 7) is 3.88. The van der Waals surface area contributed by atoms with Crippen molar-refractivity contribution in [1.29, 1.82) is 0 Å². The Morgan fingerprint density at radius 1 is 0.867 bits per heavy atom. The highest BCUT2D eigenvalue weighted by Crippen LogP contribution is 2.39. The summed E-state index contributed by atoms with van der Waals surface area (Å²) in [5, 5.41) is 9.36. The van der Waals surface area contributed by atoms with Gasteiger partial charge in [-0.2, -0.15) is 0 Å². The minimum absolute atomic E-state index is 0.0114. The highest BCUT2D eigenvalue weighted by molar-refractivity contribution is 9.10. The molecule has 5 nitrogen and oxygen atoms in total. The van der Waals surface area contributed by atoms with Crippen molar-refractivity contribution in [1.82, 2.24) is 5.16 Å². The molecule has 0 aliphatic carbocycles. The van der Waals surface area contributed by atoms with Gasteiger partial charge in [0.2, 0.25) is 10.0 Å². The SMILES string of the molecule is Cc1ccccc1-c1cccc(-c2ccc(S(N)(=O)=O)cc2-c2onc(C)c2Br)c1. The van der Waals surface area contributed by atoms with E-state index in [4.69, 9.17) is 9.66 Å². The highest BCUT2D eigenvalue weighted by atomic mass is 79.9. The van der Waals surface area contributed by atoms with E-state index in [2.05, 4.69) is 52.3 Å². The van der Waals surface area contributed by atoms with Crippen molar-refractivity contribution in [3.8, 4) is 33.6 Å². The van der Waals surface area contributed by atoms with Crippen LogP contribution in [0.3, 0.4) is 0 Å². The molecule has 1 aromatic heterocycles. The van der Waals surface area contributed by atoms with Crippen LogP contribution >= 0.6 is 15.9 Å². The van der Waals surface area contributed by atoms with Gasteiger partial charge in [0.25, 0.3) is 0 Å². The third kappa shape index (κ3) is 3.84. The molecule has 0 aliphatic rings. The van der Waals surface area contributed by atoms with Crippen molar-refractivity contribution in [2.75, 3.05) is 0 Å². The van der Waals surface area contributed by atoms with Crippen molar-refractivity contribution in [3.63, 3.8) is 0 Å². The van der Waals surface area contributed by atoms with Crippen molar-refractivity contribution < 1.29 is 12.9 Å². The molecule has 0 spiro atoms. The number of sulfonamides is 1. The topological polar surface area (TPSA) is 86.2 Å². The molecule has 0 bridgehead atoms. The molecular formula is C23H19BrN2O3S. The van der Waals surface area contributed by atoms with E-state index >= 15 is 0 Å². The predicted molar refractivity (Wildman–Crippen MR) is 121 cm³/mol. The Morgan fingerprint density at radius 2 is 1.57 bits per heavy atom. The summed E-state index contributed by atoms with van der Waals surface area (Å²) >= 11 is 3.49. The zero-order valence-electron chi connectivity index (χ0n) is 16.4. The van der Waals surface area contributed by atoms with Gasteiger partial charge >= 0.3 is 0 Å². The Balaban J connectivity index is 1.94. The van der Waals surface area contributed by atoms with Gasteiger partial charge in [0.15, 0.2) is 5.76 Å². The Hall–Kier alpha value is -2.74. The minimum Gasteiger partial charge on any atom is -0.355 e. The van der Waals surface area contributed by atoms with Crippen LogP contribution in [0.5, 0.6) is 0 Å². The van der Waals surface area contributed by atoms with Crippen LogP contribution in [0.1, 0.15) is 11.3 Å². The van der Waals surface area contributed by atoms with Crippen LogP contribution < -0.4 is 5.14 Å². The minimum atomic E-state index is -3.87. The normalized spacial score (nSPS) is 11.6. The lowest BCUT2D eigenvalue weighted by molar-refractivity contribution is 0.427. The summed E-state index contributed by atoms with van der Waals surface area (Å²) in [6.07, 6.45) is 0. The fourth-order valence-corrected chi connectivity index (χ4v) is 4.32. The summed E-state index contributed by atoms with van der Waals surface area (Å²) in [4.78, 5) is 0.0114. The maximum absolute atomic E-state index is 12.0. The molecule has 0 saturated heterocycles. The van der Waals surface area contributed by atoms with Gasteiger partial charge in [-0.1, -0.05) is 53.7 Å². The smallest absolute Gasteiger partial charge is 0.238 e. The molecular weight excluding hydrogens is 464 g/mol. The summed E-state index contributed by atoms with van der Waals surface area (Å²) in [6, 6.07) is 21.0. The standard InChI is InChI=1S/C23H19BrN2O3S/c1-14-6-3-4-9-19(14)16-7-5-8-17(12-16)20-11-10-18(30(25,27)28)13-21(20)23-22(24)15(2)26-29-23/h3-13H,1-2H3,(H2,25,27,28). The number of nitrogens with two attached hydrogens (primary N) is 1. The van der Waals surface area contributed by atoms with Crippen LogP contribution in [0.15, 0.2) is 80.6 Å². The first-order valence-corrected chi connectivity index (χ1v) is 11.5. The van der Waals surface area contributed by atoms with Crippen LogP contribution in [-0.4, -0.2) is 13.6 Å². The van der Waals surface area contributed by atoms with Crippen LogP contribution in [0.4, 0.5) is 0 Å². The number of aromatic nitrogens is 1. The zero-order chi connectivity index (χ0) is 21.5. The van der Waals surface area contributed by atoms with E-state index < -0.39 is 10.0 Å². The van der Waals surface area contributed by atoms with Gasteiger partial charge in [0, 0.05) is 5.56 Å². The summed E-state index contributed by atoms with van der Waals surface area (Å²) in [5.41, 5.74) is 6.38. The van der Waals surface area contributed by atoms with E-state index in [1.807, 2.05) is 24.3 Å². The molecule has 4 aromatic rings. The van der Waals surface area contributed by atoms with Crippen LogP contribution in [0.2, 0.25) is 0 Å². The lowest BCUT2D eigenvalue weighted by Gasteiger charge is -2.12. The average Bonchev–Trinajstić information content (AvgIpc) is 3.06. The maximum atomic E-state index is 12.0. The monoisotopic (exact) mass is 482 g/mol. The van der Waals surface area contributed by atoms with E-state index in [-0.39, 0.29) is 4.90 Å². The molecule has 7 heteroatoms. The lowest BCUT2D eigenvalue weighted by Crippen LogP contribution is -2.12. The van der Waals surface area contributed by atoms with Crippen LogP contribution in [0, 0.1) is 13.8 Å². The summed E-state index contributed by atoms with van der Waals surface area (Å²) < 4.78 is 30.1. The van der Waals surface area contributed by atoms with Crippen LogP contribution in [-0.2, 0) is 10.0 Å². The third-order valence-electron chi connectivity index (χ3n) is 4.98. The Bertz CT molecular complexity index is 1360. The molecule has 3 aromatic carbocycles. The summed E-state index contributed by atoms with van der Waals surface area (Å²) in [7, 11) is -3.87. The van der Waals surface area contributed by atoms with E-state index in [0.717, 1.165) is 22.3 Å². The molecule has 0 amide bonds. The van der Waals surface area contributed by atoms with Gasteiger partial charge < -0.3 is 4.52 Å². The molecule has 2 N–H and O–H groups in total. The van der Waals surface area contributed by atoms with E-state index in [9.17, 15) is 8.42 Å². The Kier molecular flexibility index (Phi) is 5.36. The molecule has 0 saturated carbocycles. The van der Waals surface area contributed by atoms with Crippen molar-refractivity contribution >= 4 is 26.0 Å². The quantitative estimate of drug-likeness (QED) is 0.403. The number of benzene rings is 3. The third-order valence-corrected chi connectivity index (χ3v) is 6.83. The van der Waals surface area contributed by atoms with Gasteiger partial charge in [-0.15, -0.1) is 0 Å². The second-order valence-electron chi connectivity index (χ2n) is 7.06. The largest absolute Gasteiger partial charge is 0.355 e. The summed E-state index contributed by atoms with van der Waals surface area (Å²) in [5.74, 6) is 0.453. The van der Waals surface area contributed by atoms with Gasteiger partial charge in [0.1, 0.15) is 0 Å². The molecule has 1 heterocycles. The first-order chi connectivity index (χ1) is 14.3. The maximum Gasteiger partial charge on any atom is 0.238 e. The molecule has 0 unspecified atom stereocenters. The molecule has 152 valence electrons. The Labute approximate surface area is 183 Å². The number of hydrogen-bond donors (Lipinski definition) is 1. The first kappa shape index (κ1) is 20.5. The van der Waals surface area contributed by atoms with E-state index in [0.29, 0.717) is 21.5 Å². The Morgan fingerprint density at radius 3 is 2.20 bits per heavy atom. The number of nitrogens with zero attached hydrogens (tertiary/aromatic N) is 1. The zero-order valence-corrected chi connectivity index (χ0v) is 18.8. The van der Waals surface area contributed by atoms with Gasteiger partial charge in [-0.25, -0.2) is 13.6 Å². The molecule has 0 radical (unpaired) electrons. The van der Waals surface area contributed by atoms with Crippen molar-refractivity contribution in [2.45, 2.75) is 18.7 Å². The number of primary sulfonamides is 1. The van der Waals surface area contributed by atoms with Gasteiger partial charge in [-0.3, -0.25) is 0 Å². The first-order valence-electron chi connectivity index (χ1n) is 9.21. The van der Waals surface area contributed by atoms with E-state index in [1.165, 1.54) is 17.7 Å². The lowest BCUT2D eigenvalue weighted by atomic mass is 9.93. The highest BCUT2D eigenvalue weighted by Gasteiger charge is 2.20. The predicted octanol–water partition coefficient (Wildman–Crippen LogP) is 5.70. The molecule has 0 fully saturated rings. The van der Waals surface area contributed by atoms with Crippen LogP contribution in [0.25, 0.3) is 33.6 Å². The number of halogens is 1.